The van der Waals surface area contributed by atoms with Gasteiger partial charge in [-0.2, -0.15) is 0 Å². The lowest BCUT2D eigenvalue weighted by atomic mass is 10.2. The van der Waals surface area contributed by atoms with E-state index >= 15 is 0 Å². The zero-order valence-corrected chi connectivity index (χ0v) is 11.5. The highest BCUT2D eigenvalue weighted by Crippen LogP contribution is 2.16. The molecular formula is C12H14ClNO3S. The Kier molecular flexibility index (Phi) is 5.37. The van der Waals surface area contributed by atoms with Gasteiger partial charge in [-0.05, 0) is 31.5 Å². The minimum absolute atomic E-state index is 0.0785. The maximum atomic E-state index is 11.7. The Morgan fingerprint density at radius 2 is 2.17 bits per heavy atom. The number of amides is 1. The van der Waals surface area contributed by atoms with Crippen LogP contribution >= 0.6 is 10.7 Å². The first-order valence-corrected chi connectivity index (χ1v) is 7.70. The van der Waals surface area contributed by atoms with E-state index in [1.54, 1.807) is 0 Å². The van der Waals surface area contributed by atoms with Crippen molar-refractivity contribution in [1.29, 1.82) is 0 Å². The highest BCUT2D eigenvalue weighted by Gasteiger charge is 2.12. The molecule has 0 bridgehead atoms. The van der Waals surface area contributed by atoms with E-state index in [1.165, 1.54) is 24.3 Å². The molecule has 0 saturated heterocycles. The first-order chi connectivity index (χ1) is 8.45. The van der Waals surface area contributed by atoms with Crippen LogP contribution in [-0.4, -0.2) is 20.9 Å². The Morgan fingerprint density at radius 1 is 1.44 bits per heavy atom. The van der Waals surface area contributed by atoms with Gasteiger partial charge in [-0.25, -0.2) is 8.42 Å². The monoisotopic (exact) mass is 287 g/mol. The molecule has 98 valence electrons. The number of carbonyl (C=O) groups is 1. The third-order valence-electron chi connectivity index (χ3n) is 2.21. The number of halogens is 1. The van der Waals surface area contributed by atoms with E-state index < -0.39 is 9.05 Å². The van der Waals surface area contributed by atoms with Crippen molar-refractivity contribution in [3.63, 3.8) is 0 Å². The van der Waals surface area contributed by atoms with Crippen LogP contribution in [0.25, 0.3) is 0 Å². The Labute approximate surface area is 111 Å². The minimum atomic E-state index is -3.81. The Morgan fingerprint density at radius 3 is 2.78 bits per heavy atom. The molecule has 0 aliphatic rings. The van der Waals surface area contributed by atoms with Crippen LogP contribution in [0.15, 0.2) is 41.3 Å². The maximum Gasteiger partial charge on any atom is 0.261 e. The fourth-order valence-corrected chi connectivity index (χ4v) is 2.12. The molecule has 0 heterocycles. The van der Waals surface area contributed by atoms with E-state index in [9.17, 15) is 13.2 Å². The minimum Gasteiger partial charge on any atom is -0.352 e. The van der Waals surface area contributed by atoms with Crippen LogP contribution in [0, 0.1) is 0 Å². The summed E-state index contributed by atoms with van der Waals surface area (Å²) >= 11 is 0. The smallest absolute Gasteiger partial charge is 0.261 e. The number of allylic oxidation sites excluding steroid dienone is 1. The lowest BCUT2D eigenvalue weighted by Gasteiger charge is -2.04. The van der Waals surface area contributed by atoms with Crippen molar-refractivity contribution in [2.45, 2.75) is 18.2 Å². The second-order valence-corrected chi connectivity index (χ2v) is 6.15. The fraction of sp³-hybridized carbons (Fsp3) is 0.250. The van der Waals surface area contributed by atoms with Gasteiger partial charge in [0.2, 0.25) is 0 Å². The Hall–Kier alpha value is -1.33. The molecular weight excluding hydrogens is 274 g/mol. The summed E-state index contributed by atoms with van der Waals surface area (Å²) in [5.74, 6) is -0.318. The van der Waals surface area contributed by atoms with Gasteiger partial charge in [-0.3, -0.25) is 4.79 Å². The molecule has 4 nitrogen and oxygen atoms in total. The molecule has 18 heavy (non-hydrogen) atoms. The second-order valence-electron chi connectivity index (χ2n) is 3.58. The number of nitrogens with one attached hydrogen (secondary N) is 1. The van der Waals surface area contributed by atoms with Gasteiger partial charge in [0, 0.05) is 22.8 Å². The summed E-state index contributed by atoms with van der Waals surface area (Å²) in [7, 11) is 1.41. The second kappa shape index (κ2) is 6.56. The van der Waals surface area contributed by atoms with E-state index in [4.69, 9.17) is 10.7 Å². The van der Waals surface area contributed by atoms with Crippen LogP contribution in [0.5, 0.6) is 0 Å². The molecule has 0 aliphatic carbocycles. The Bertz CT molecular complexity index is 552. The molecule has 0 aromatic heterocycles. The summed E-state index contributed by atoms with van der Waals surface area (Å²) in [5.41, 5.74) is 0.275. The maximum absolute atomic E-state index is 11.7. The van der Waals surface area contributed by atoms with Gasteiger partial charge in [0.25, 0.3) is 15.0 Å². The van der Waals surface area contributed by atoms with Crippen LogP contribution in [0.3, 0.4) is 0 Å². The first-order valence-electron chi connectivity index (χ1n) is 5.39. The summed E-state index contributed by atoms with van der Waals surface area (Å²) in [4.78, 5) is 11.6. The molecule has 1 N–H and O–H groups in total. The molecule has 0 unspecified atom stereocenters. The van der Waals surface area contributed by atoms with E-state index in [2.05, 4.69) is 5.32 Å². The van der Waals surface area contributed by atoms with Gasteiger partial charge in [-0.15, -0.1) is 0 Å². The number of benzene rings is 1. The quantitative estimate of drug-likeness (QED) is 0.513. The molecule has 0 atom stereocenters. The lowest BCUT2D eigenvalue weighted by molar-refractivity contribution is 0.0954. The van der Waals surface area contributed by atoms with E-state index in [-0.39, 0.29) is 16.4 Å². The molecule has 0 fully saturated rings. The number of hydrogen-bond donors (Lipinski definition) is 1. The highest BCUT2D eigenvalue weighted by molar-refractivity contribution is 8.13. The first kappa shape index (κ1) is 14.7. The molecule has 0 aliphatic heterocycles. The molecule has 0 saturated carbocycles. The average molecular weight is 288 g/mol. The van der Waals surface area contributed by atoms with Gasteiger partial charge in [-0.1, -0.05) is 18.2 Å². The van der Waals surface area contributed by atoms with Gasteiger partial charge >= 0.3 is 0 Å². The standard InChI is InChI=1S/C12H14ClNO3S/c1-2-3-4-8-14-12(15)10-6-5-7-11(9-10)18(13,16)17/h2-3,5-7,9H,4,8H2,1H3,(H,14,15)/b3-2+. The third kappa shape index (κ3) is 4.50. The third-order valence-corrected chi connectivity index (χ3v) is 3.56. The zero-order chi connectivity index (χ0) is 13.6. The van der Waals surface area contributed by atoms with Gasteiger partial charge in [0.05, 0.1) is 4.90 Å². The molecule has 6 heteroatoms. The van der Waals surface area contributed by atoms with Crippen molar-refractivity contribution >= 4 is 25.6 Å². The predicted octanol–water partition coefficient (Wildman–Crippen LogP) is 2.31. The van der Waals surface area contributed by atoms with E-state index in [1.807, 2.05) is 19.1 Å². The normalized spacial score (nSPS) is 11.7. The van der Waals surface area contributed by atoms with Crippen molar-refractivity contribution in [2.75, 3.05) is 6.54 Å². The van der Waals surface area contributed by atoms with Crippen LogP contribution < -0.4 is 5.32 Å². The SMILES string of the molecule is C/C=C/CCNC(=O)c1cccc(S(=O)(=O)Cl)c1. The zero-order valence-electron chi connectivity index (χ0n) is 9.89. The topological polar surface area (TPSA) is 63.2 Å². The van der Waals surface area contributed by atoms with Crippen molar-refractivity contribution < 1.29 is 13.2 Å². The van der Waals surface area contributed by atoms with Crippen molar-refractivity contribution in [2.24, 2.45) is 0 Å². The Balaban J connectivity index is 2.75. The molecule has 1 rings (SSSR count). The molecule has 0 radical (unpaired) electrons. The summed E-state index contributed by atoms with van der Waals surface area (Å²) in [5, 5.41) is 2.68. The van der Waals surface area contributed by atoms with Crippen molar-refractivity contribution in [3.8, 4) is 0 Å². The lowest BCUT2D eigenvalue weighted by Crippen LogP contribution is -2.24. The number of hydrogen-bond acceptors (Lipinski definition) is 3. The molecule has 0 spiro atoms. The molecule has 1 aromatic carbocycles. The predicted molar refractivity (Wildman–Crippen MR) is 71.2 cm³/mol. The van der Waals surface area contributed by atoms with Gasteiger partial charge < -0.3 is 5.32 Å². The van der Waals surface area contributed by atoms with E-state index in [0.29, 0.717) is 6.54 Å². The molecule has 1 aromatic rings. The van der Waals surface area contributed by atoms with Crippen LogP contribution in [0.4, 0.5) is 0 Å². The summed E-state index contributed by atoms with van der Waals surface area (Å²) in [6.07, 6.45) is 4.56. The van der Waals surface area contributed by atoms with Crippen LogP contribution in [-0.2, 0) is 9.05 Å². The van der Waals surface area contributed by atoms with Gasteiger partial charge in [0.15, 0.2) is 0 Å². The average Bonchev–Trinajstić information content (AvgIpc) is 2.33. The summed E-state index contributed by atoms with van der Waals surface area (Å²) in [6, 6.07) is 5.62. The molecule has 1 amide bonds. The highest BCUT2D eigenvalue weighted by atomic mass is 35.7. The summed E-state index contributed by atoms with van der Waals surface area (Å²) < 4.78 is 22.3. The van der Waals surface area contributed by atoms with Gasteiger partial charge in [0.1, 0.15) is 0 Å². The van der Waals surface area contributed by atoms with E-state index in [0.717, 1.165) is 6.42 Å². The number of carbonyl (C=O) groups excluding carboxylic acids is 1. The fourth-order valence-electron chi connectivity index (χ4n) is 1.33. The van der Waals surface area contributed by atoms with Crippen LogP contribution in [0.2, 0.25) is 0 Å². The number of rotatable bonds is 5. The van der Waals surface area contributed by atoms with Crippen molar-refractivity contribution in [1.82, 2.24) is 5.32 Å². The van der Waals surface area contributed by atoms with Crippen molar-refractivity contribution in [3.05, 3.63) is 42.0 Å². The largest absolute Gasteiger partial charge is 0.352 e. The summed E-state index contributed by atoms with van der Waals surface area (Å²) in [6.45, 7) is 2.40. The van der Waals surface area contributed by atoms with Crippen LogP contribution in [0.1, 0.15) is 23.7 Å².